The van der Waals surface area contributed by atoms with Gasteiger partial charge in [0.15, 0.2) is 5.65 Å². The lowest BCUT2D eigenvalue weighted by Crippen LogP contribution is -2.26. The van der Waals surface area contributed by atoms with Crippen LogP contribution in [0.2, 0.25) is 0 Å². The molecule has 5 aromatic rings. The molecule has 0 saturated carbocycles. The van der Waals surface area contributed by atoms with Crippen molar-refractivity contribution in [3.8, 4) is 0 Å². The summed E-state index contributed by atoms with van der Waals surface area (Å²) in [5.74, 6) is 0.207. The Hall–Kier alpha value is -3.74. The van der Waals surface area contributed by atoms with Crippen LogP contribution in [0.25, 0.3) is 38.7 Å². The van der Waals surface area contributed by atoms with Crippen molar-refractivity contribution in [2.45, 2.75) is 20.3 Å². The summed E-state index contributed by atoms with van der Waals surface area (Å²) in [4.78, 5) is 38.4. The molecule has 2 N–H and O–H groups in total. The predicted octanol–water partition coefficient (Wildman–Crippen LogP) is 3.65. The van der Waals surface area contributed by atoms with Crippen LogP contribution in [0.3, 0.4) is 0 Å². The van der Waals surface area contributed by atoms with Crippen molar-refractivity contribution in [2.24, 2.45) is 5.92 Å². The van der Waals surface area contributed by atoms with Crippen molar-refractivity contribution < 1.29 is 4.79 Å². The molecule has 0 saturated heterocycles. The molecule has 3 heterocycles. The Kier molecular flexibility index (Phi) is 4.24. The third-order valence-electron chi connectivity index (χ3n) is 5.32. The van der Waals surface area contributed by atoms with Crippen LogP contribution < -0.4 is 10.9 Å². The summed E-state index contributed by atoms with van der Waals surface area (Å²) in [6.45, 7) is 4.77. The first-order chi connectivity index (χ1) is 14.5. The molecule has 0 unspecified atom stereocenters. The van der Waals surface area contributed by atoms with Gasteiger partial charge in [0, 0.05) is 6.54 Å². The second-order valence-corrected chi connectivity index (χ2v) is 7.85. The highest BCUT2D eigenvalue weighted by molar-refractivity contribution is 6.13. The van der Waals surface area contributed by atoms with Gasteiger partial charge in [0.2, 0.25) is 0 Å². The number of hydrogen-bond acceptors (Lipinski definition) is 4. The molecule has 7 heteroatoms. The van der Waals surface area contributed by atoms with E-state index >= 15 is 0 Å². The van der Waals surface area contributed by atoms with E-state index in [1.54, 1.807) is 6.07 Å². The maximum atomic E-state index is 13.2. The Bertz CT molecular complexity index is 1500. The van der Waals surface area contributed by atoms with Gasteiger partial charge in [-0.3, -0.25) is 14.0 Å². The topological polar surface area (TPSA) is 92.2 Å². The Labute approximate surface area is 171 Å². The van der Waals surface area contributed by atoms with E-state index in [1.807, 2.05) is 46.9 Å². The number of nitrogens with zero attached hydrogens (tertiary/aromatic N) is 3. The Balaban J connectivity index is 1.87. The molecule has 0 radical (unpaired) electrons. The number of fused-ring (bicyclic) bond motifs is 6. The van der Waals surface area contributed by atoms with Crippen molar-refractivity contribution in [1.82, 2.24) is 24.7 Å². The summed E-state index contributed by atoms with van der Waals surface area (Å²) in [6.07, 6.45) is 0.865. The zero-order valence-electron chi connectivity index (χ0n) is 16.8. The highest BCUT2D eigenvalue weighted by Gasteiger charge is 2.23. The van der Waals surface area contributed by atoms with Crippen LogP contribution in [0, 0.1) is 5.92 Å². The smallest absolute Gasteiger partial charge is 0.258 e. The minimum atomic E-state index is -0.265. The van der Waals surface area contributed by atoms with Gasteiger partial charge in [-0.1, -0.05) is 38.1 Å². The number of rotatable bonds is 4. The molecule has 0 aliphatic heterocycles. The molecular weight excluding hydrogens is 378 g/mol. The maximum absolute atomic E-state index is 13.2. The standard InChI is InChI=1S/C23H21N5O2/c1-13(2)11-12-24-23(30)18-19-21(26-16-9-5-4-8-15(16)25-19)28-17-10-6-3-7-14(17)22(29)27-20(18)28/h3-10,13H,11-12H2,1-2H3,(H,24,30)(H,27,29). The van der Waals surface area contributed by atoms with Crippen LogP contribution >= 0.6 is 0 Å². The number of amides is 1. The highest BCUT2D eigenvalue weighted by atomic mass is 16.1. The molecule has 2 aromatic carbocycles. The predicted molar refractivity (Wildman–Crippen MR) is 118 cm³/mol. The largest absolute Gasteiger partial charge is 0.352 e. The summed E-state index contributed by atoms with van der Waals surface area (Å²) in [5, 5.41) is 3.51. The maximum Gasteiger partial charge on any atom is 0.258 e. The minimum Gasteiger partial charge on any atom is -0.352 e. The van der Waals surface area contributed by atoms with Gasteiger partial charge in [-0.2, -0.15) is 0 Å². The molecule has 1 amide bonds. The highest BCUT2D eigenvalue weighted by Crippen LogP contribution is 2.27. The van der Waals surface area contributed by atoms with Gasteiger partial charge in [0.25, 0.3) is 11.5 Å². The number of nitrogens with one attached hydrogen (secondary N) is 2. The van der Waals surface area contributed by atoms with Crippen molar-refractivity contribution in [1.29, 1.82) is 0 Å². The monoisotopic (exact) mass is 399 g/mol. The molecule has 0 aliphatic rings. The third-order valence-corrected chi connectivity index (χ3v) is 5.32. The summed E-state index contributed by atoms with van der Waals surface area (Å²) >= 11 is 0. The Morgan fingerprint density at radius 3 is 2.53 bits per heavy atom. The van der Waals surface area contributed by atoms with E-state index in [0.717, 1.165) is 11.9 Å². The quantitative estimate of drug-likeness (QED) is 0.482. The van der Waals surface area contributed by atoms with Crippen molar-refractivity contribution >= 4 is 44.7 Å². The van der Waals surface area contributed by atoms with Crippen LogP contribution in [-0.4, -0.2) is 31.8 Å². The van der Waals surface area contributed by atoms with E-state index in [9.17, 15) is 9.59 Å². The number of aromatic nitrogens is 4. The first-order valence-corrected chi connectivity index (χ1v) is 10.0. The molecule has 0 fully saturated rings. The van der Waals surface area contributed by atoms with Crippen molar-refractivity contribution in [3.63, 3.8) is 0 Å². The normalized spacial score (nSPS) is 11.8. The number of carbonyl (C=O) groups excluding carboxylic acids is 1. The summed E-state index contributed by atoms with van der Waals surface area (Å²) in [7, 11) is 0. The second kappa shape index (κ2) is 6.95. The second-order valence-electron chi connectivity index (χ2n) is 7.85. The fourth-order valence-electron chi connectivity index (χ4n) is 3.81. The van der Waals surface area contributed by atoms with E-state index in [-0.39, 0.29) is 11.5 Å². The Morgan fingerprint density at radius 1 is 1.07 bits per heavy atom. The molecule has 150 valence electrons. The molecule has 0 atom stereocenters. The SMILES string of the molecule is CC(C)CCNC(=O)c1c2nc3ccccc3nc2n2c1[nH]c(=O)c1ccccc12. The van der Waals surface area contributed by atoms with E-state index in [4.69, 9.17) is 9.97 Å². The summed E-state index contributed by atoms with van der Waals surface area (Å²) in [6, 6.07) is 14.8. The first-order valence-electron chi connectivity index (χ1n) is 10.0. The van der Waals surface area contributed by atoms with Gasteiger partial charge >= 0.3 is 0 Å². The average molecular weight is 399 g/mol. The van der Waals surface area contributed by atoms with E-state index in [0.29, 0.717) is 51.3 Å². The van der Waals surface area contributed by atoms with Gasteiger partial charge in [-0.25, -0.2) is 9.97 Å². The molecule has 30 heavy (non-hydrogen) atoms. The lowest BCUT2D eigenvalue weighted by atomic mass is 10.1. The number of benzene rings is 2. The summed E-state index contributed by atoms with van der Waals surface area (Å²) in [5.41, 5.74) is 3.64. The molecule has 0 spiro atoms. The fraction of sp³-hybridized carbons (Fsp3) is 0.217. The van der Waals surface area contributed by atoms with Crippen molar-refractivity contribution in [2.75, 3.05) is 6.54 Å². The molecule has 0 aliphatic carbocycles. The minimum absolute atomic E-state index is 0.248. The molecule has 0 bridgehead atoms. The average Bonchev–Trinajstić information content (AvgIpc) is 3.05. The van der Waals surface area contributed by atoms with Crippen LogP contribution in [-0.2, 0) is 0 Å². The molecule has 3 aromatic heterocycles. The molecular formula is C23H21N5O2. The van der Waals surface area contributed by atoms with E-state index < -0.39 is 0 Å². The lowest BCUT2D eigenvalue weighted by molar-refractivity contribution is 0.0955. The number of hydrogen-bond donors (Lipinski definition) is 2. The fourth-order valence-corrected chi connectivity index (χ4v) is 3.81. The first kappa shape index (κ1) is 18.3. The van der Waals surface area contributed by atoms with Crippen LogP contribution in [0.5, 0.6) is 0 Å². The zero-order valence-corrected chi connectivity index (χ0v) is 16.8. The number of aromatic amines is 1. The van der Waals surface area contributed by atoms with E-state index in [1.165, 1.54) is 0 Å². The van der Waals surface area contributed by atoms with Crippen molar-refractivity contribution in [3.05, 3.63) is 64.4 Å². The van der Waals surface area contributed by atoms with E-state index in [2.05, 4.69) is 24.1 Å². The van der Waals surface area contributed by atoms with Gasteiger partial charge in [-0.15, -0.1) is 0 Å². The van der Waals surface area contributed by atoms with Gasteiger partial charge in [-0.05, 0) is 36.6 Å². The van der Waals surface area contributed by atoms with Gasteiger partial charge in [0.1, 0.15) is 16.7 Å². The van der Waals surface area contributed by atoms with Gasteiger partial charge < -0.3 is 10.3 Å². The Morgan fingerprint density at radius 2 is 1.77 bits per heavy atom. The van der Waals surface area contributed by atoms with Crippen LogP contribution in [0.4, 0.5) is 0 Å². The number of carbonyl (C=O) groups is 1. The molecule has 5 rings (SSSR count). The van der Waals surface area contributed by atoms with Crippen LogP contribution in [0.15, 0.2) is 53.3 Å². The number of H-pyrrole nitrogens is 1. The number of para-hydroxylation sites is 3. The summed E-state index contributed by atoms with van der Waals surface area (Å²) < 4.78 is 1.82. The lowest BCUT2D eigenvalue weighted by Gasteiger charge is -2.07. The zero-order chi connectivity index (χ0) is 20.8. The third kappa shape index (κ3) is 2.82. The molecule has 7 nitrogen and oxygen atoms in total. The van der Waals surface area contributed by atoms with Crippen LogP contribution in [0.1, 0.15) is 30.6 Å². The van der Waals surface area contributed by atoms with Gasteiger partial charge in [0.05, 0.1) is 21.9 Å².